The minimum Gasteiger partial charge on any atom is -0.487 e. The quantitative estimate of drug-likeness (QED) is 0.192. The molecule has 0 radical (unpaired) electrons. The van der Waals surface area contributed by atoms with Crippen LogP contribution in [0.4, 0.5) is 4.39 Å². The van der Waals surface area contributed by atoms with Gasteiger partial charge in [-0.15, -0.1) is 0 Å². The predicted molar refractivity (Wildman–Crippen MR) is 143 cm³/mol. The summed E-state index contributed by atoms with van der Waals surface area (Å²) in [6, 6.07) is 6.48. The normalized spacial score (nSPS) is 12.8. The van der Waals surface area contributed by atoms with Gasteiger partial charge < -0.3 is 18.8 Å². The number of oxazole rings is 1. The number of fused-ring (bicyclic) bond motifs is 1. The van der Waals surface area contributed by atoms with Crippen LogP contribution in [0, 0.1) is 19.7 Å². The third-order valence-electron chi connectivity index (χ3n) is 6.16. The minimum atomic E-state index is -0.262. The summed E-state index contributed by atoms with van der Waals surface area (Å²) in [6.45, 7) is 8.17. The molecule has 0 aliphatic rings. The van der Waals surface area contributed by atoms with E-state index in [1.165, 1.54) is 19.1 Å². The van der Waals surface area contributed by atoms with Crippen molar-refractivity contribution < 1.29 is 28.0 Å². The minimum absolute atomic E-state index is 0.141. The van der Waals surface area contributed by atoms with E-state index in [4.69, 9.17) is 13.9 Å². The lowest BCUT2D eigenvalue weighted by Gasteiger charge is -2.19. The number of quaternary nitrogens is 1. The number of aryl methyl sites for hydroxylation is 2. The van der Waals surface area contributed by atoms with E-state index in [1.807, 2.05) is 40.0 Å². The van der Waals surface area contributed by atoms with Crippen LogP contribution in [0.5, 0.6) is 11.5 Å². The SMILES string of the molecule is CC(=O)c1c(OCCN=C(N(C)C)[NH+](C)C)c(OCCC(C)c2ccc(F)cc2)c2oc(C)nc2c1C. The van der Waals surface area contributed by atoms with Crippen molar-refractivity contribution in [3.63, 3.8) is 0 Å². The molecule has 8 nitrogen and oxygen atoms in total. The second-order valence-corrected chi connectivity index (χ2v) is 9.66. The summed E-state index contributed by atoms with van der Waals surface area (Å²) in [5.74, 6) is 1.82. The molecule has 37 heavy (non-hydrogen) atoms. The van der Waals surface area contributed by atoms with Crippen molar-refractivity contribution in [3.8, 4) is 11.5 Å². The Morgan fingerprint density at radius 3 is 2.38 bits per heavy atom. The zero-order chi connectivity index (χ0) is 27.3. The fraction of sp³-hybridized carbons (Fsp3) is 0.464. The number of ether oxygens (including phenoxy) is 2. The zero-order valence-electron chi connectivity index (χ0n) is 23.1. The van der Waals surface area contributed by atoms with Crippen LogP contribution in [-0.2, 0) is 0 Å². The molecule has 0 saturated heterocycles. The standard InChI is InChI=1S/C28H37FN4O4/c1-17(21-9-11-22(29)12-10-21)13-15-35-27-25(36-16-14-30-28(32(5)6)33(7)8)23(19(3)34)18(2)24-26(27)37-20(4)31-24/h9-12,17H,13-16H2,1-8H3/p+1. The zero-order valence-corrected chi connectivity index (χ0v) is 23.1. The summed E-state index contributed by atoms with van der Waals surface area (Å²) in [7, 11) is 7.91. The fourth-order valence-corrected chi connectivity index (χ4v) is 4.37. The second kappa shape index (κ2) is 12.2. The van der Waals surface area contributed by atoms with Crippen molar-refractivity contribution in [2.45, 2.75) is 40.0 Å². The van der Waals surface area contributed by atoms with Crippen molar-refractivity contribution >= 4 is 22.8 Å². The van der Waals surface area contributed by atoms with E-state index < -0.39 is 0 Å². The molecule has 0 aliphatic heterocycles. The summed E-state index contributed by atoms with van der Waals surface area (Å²) in [5, 5.41) is 0. The van der Waals surface area contributed by atoms with Gasteiger partial charge in [0.2, 0.25) is 11.3 Å². The van der Waals surface area contributed by atoms with Crippen molar-refractivity contribution in [1.29, 1.82) is 0 Å². The Labute approximate surface area is 218 Å². The molecule has 200 valence electrons. The van der Waals surface area contributed by atoms with Gasteiger partial charge in [-0.25, -0.2) is 14.4 Å². The van der Waals surface area contributed by atoms with E-state index in [9.17, 15) is 9.18 Å². The molecule has 0 saturated carbocycles. The maximum Gasteiger partial charge on any atom is 0.297 e. The average Bonchev–Trinajstić information content (AvgIpc) is 3.22. The highest BCUT2D eigenvalue weighted by Crippen LogP contribution is 2.42. The van der Waals surface area contributed by atoms with Gasteiger partial charge in [0.05, 0.1) is 32.8 Å². The van der Waals surface area contributed by atoms with Gasteiger partial charge in [-0.05, 0) is 49.4 Å². The lowest BCUT2D eigenvalue weighted by molar-refractivity contribution is -0.764. The Hall–Kier alpha value is -3.46. The number of nitrogens with zero attached hydrogens (tertiary/aromatic N) is 3. The van der Waals surface area contributed by atoms with Crippen LogP contribution in [0.25, 0.3) is 11.1 Å². The molecule has 1 unspecified atom stereocenters. The highest BCUT2D eigenvalue weighted by Gasteiger charge is 2.26. The molecule has 2 aromatic carbocycles. The number of ketones is 1. The lowest BCUT2D eigenvalue weighted by atomic mass is 9.98. The van der Waals surface area contributed by atoms with Gasteiger partial charge in [0.1, 0.15) is 17.9 Å². The number of hydrogen-bond donors (Lipinski definition) is 1. The summed E-state index contributed by atoms with van der Waals surface area (Å²) in [5.41, 5.74) is 3.18. The number of aliphatic imine (C=N–C) groups is 1. The Bertz CT molecular complexity index is 1260. The topological polar surface area (TPSA) is 81.6 Å². The third-order valence-corrected chi connectivity index (χ3v) is 6.16. The Balaban J connectivity index is 1.90. The molecule has 1 atom stereocenters. The number of guanidine groups is 1. The van der Waals surface area contributed by atoms with Gasteiger partial charge in [-0.1, -0.05) is 19.1 Å². The van der Waals surface area contributed by atoms with Gasteiger partial charge in [-0.2, -0.15) is 0 Å². The van der Waals surface area contributed by atoms with Crippen LogP contribution in [0.2, 0.25) is 0 Å². The summed E-state index contributed by atoms with van der Waals surface area (Å²) < 4.78 is 31.7. The number of benzene rings is 2. The van der Waals surface area contributed by atoms with Crippen molar-refractivity contribution in [2.24, 2.45) is 4.99 Å². The van der Waals surface area contributed by atoms with E-state index >= 15 is 0 Å². The number of nitrogens with one attached hydrogen (secondary N) is 1. The predicted octanol–water partition coefficient (Wildman–Crippen LogP) is 3.80. The first-order valence-corrected chi connectivity index (χ1v) is 12.5. The number of halogens is 1. The lowest BCUT2D eigenvalue weighted by Crippen LogP contribution is -3.10. The molecule has 3 rings (SSSR count). The molecule has 0 aliphatic carbocycles. The van der Waals surface area contributed by atoms with Crippen LogP contribution >= 0.6 is 0 Å². The van der Waals surface area contributed by atoms with Gasteiger partial charge in [0.15, 0.2) is 17.4 Å². The van der Waals surface area contributed by atoms with Gasteiger partial charge in [0, 0.05) is 21.0 Å². The molecule has 0 amide bonds. The van der Waals surface area contributed by atoms with E-state index in [-0.39, 0.29) is 24.1 Å². The van der Waals surface area contributed by atoms with Crippen molar-refractivity contribution in [1.82, 2.24) is 9.88 Å². The number of Topliss-reactive ketones (excluding diaryl/α,β-unsaturated/α-hetero) is 1. The van der Waals surface area contributed by atoms with E-state index in [0.717, 1.165) is 16.4 Å². The monoisotopic (exact) mass is 513 g/mol. The van der Waals surface area contributed by atoms with E-state index in [1.54, 1.807) is 19.1 Å². The number of rotatable bonds is 10. The van der Waals surface area contributed by atoms with Gasteiger partial charge in [-0.3, -0.25) is 9.69 Å². The largest absolute Gasteiger partial charge is 0.487 e. The first-order chi connectivity index (χ1) is 17.5. The Kier molecular flexibility index (Phi) is 9.26. The van der Waals surface area contributed by atoms with Crippen molar-refractivity contribution in [3.05, 3.63) is 52.7 Å². The van der Waals surface area contributed by atoms with Crippen LogP contribution < -0.4 is 14.4 Å². The molecule has 1 aromatic heterocycles. The summed E-state index contributed by atoms with van der Waals surface area (Å²) in [4.78, 5) is 24.9. The smallest absolute Gasteiger partial charge is 0.297 e. The highest BCUT2D eigenvalue weighted by molar-refractivity contribution is 6.05. The maximum atomic E-state index is 13.3. The molecule has 3 aromatic rings. The Morgan fingerprint density at radius 1 is 1.14 bits per heavy atom. The first kappa shape index (κ1) is 28.1. The molecule has 1 N–H and O–H groups in total. The van der Waals surface area contributed by atoms with Crippen LogP contribution in [0.3, 0.4) is 0 Å². The molecule has 0 bridgehead atoms. The fourth-order valence-electron chi connectivity index (χ4n) is 4.37. The molecule has 0 fully saturated rings. The Morgan fingerprint density at radius 2 is 1.78 bits per heavy atom. The summed E-state index contributed by atoms with van der Waals surface area (Å²) in [6.07, 6.45) is 0.672. The van der Waals surface area contributed by atoms with E-state index in [0.29, 0.717) is 59.2 Å². The average molecular weight is 514 g/mol. The van der Waals surface area contributed by atoms with Crippen LogP contribution in [0.15, 0.2) is 33.7 Å². The molecule has 1 heterocycles. The van der Waals surface area contributed by atoms with Crippen molar-refractivity contribution in [2.75, 3.05) is 47.9 Å². The highest BCUT2D eigenvalue weighted by atomic mass is 19.1. The molecular formula is C28H38FN4O4+. The first-order valence-electron chi connectivity index (χ1n) is 12.5. The number of hydrogen-bond acceptors (Lipinski definition) is 6. The molecule has 9 heteroatoms. The molecule has 0 spiro atoms. The number of carbonyl (C=O) groups is 1. The third kappa shape index (κ3) is 6.65. The summed E-state index contributed by atoms with van der Waals surface area (Å²) >= 11 is 0. The van der Waals surface area contributed by atoms with Crippen LogP contribution in [0.1, 0.15) is 53.6 Å². The van der Waals surface area contributed by atoms with E-state index in [2.05, 4.69) is 16.9 Å². The number of carbonyl (C=O) groups excluding carboxylic acids is 1. The van der Waals surface area contributed by atoms with Crippen LogP contribution in [-0.4, -0.2) is 69.6 Å². The van der Waals surface area contributed by atoms with Gasteiger partial charge >= 0.3 is 0 Å². The number of aromatic nitrogens is 1. The molecular weight excluding hydrogens is 475 g/mol. The maximum absolute atomic E-state index is 13.3. The second-order valence-electron chi connectivity index (χ2n) is 9.66. The van der Waals surface area contributed by atoms with Gasteiger partial charge in [0.25, 0.3) is 5.96 Å².